The Hall–Kier alpha value is -3.39. The number of aromatic nitrogens is 3. The van der Waals surface area contributed by atoms with Gasteiger partial charge in [0.25, 0.3) is 0 Å². The van der Waals surface area contributed by atoms with Crippen molar-refractivity contribution in [2.45, 2.75) is 18.3 Å². The summed E-state index contributed by atoms with van der Waals surface area (Å²) in [5.74, 6) is -0.265. The van der Waals surface area contributed by atoms with E-state index in [-0.39, 0.29) is 5.91 Å². The van der Waals surface area contributed by atoms with Crippen LogP contribution in [0.15, 0.2) is 64.8 Å². The maximum Gasteiger partial charge on any atom is 0.238 e. The van der Waals surface area contributed by atoms with Gasteiger partial charge in [-0.3, -0.25) is 9.78 Å². The molecule has 29 heavy (non-hydrogen) atoms. The van der Waals surface area contributed by atoms with Crippen molar-refractivity contribution < 1.29 is 13.7 Å². The first-order valence-corrected chi connectivity index (χ1v) is 9.93. The van der Waals surface area contributed by atoms with E-state index < -0.39 is 11.2 Å². The first kappa shape index (κ1) is 17.7. The second kappa shape index (κ2) is 6.89. The smallest absolute Gasteiger partial charge is 0.238 e. The average molecular weight is 406 g/mol. The van der Waals surface area contributed by atoms with Crippen LogP contribution in [0.1, 0.15) is 18.5 Å². The summed E-state index contributed by atoms with van der Waals surface area (Å²) in [5.41, 5.74) is 1.72. The molecule has 0 aliphatic heterocycles. The normalized spacial score (nSPS) is 14.5. The Morgan fingerprint density at radius 3 is 2.83 bits per heavy atom. The summed E-state index contributed by atoms with van der Waals surface area (Å²) in [5, 5.41) is 9.33. The quantitative estimate of drug-likeness (QED) is 0.521. The van der Waals surface area contributed by atoms with E-state index >= 15 is 0 Å². The van der Waals surface area contributed by atoms with Crippen molar-refractivity contribution in [2.75, 3.05) is 5.32 Å². The van der Waals surface area contributed by atoms with Crippen LogP contribution in [0.3, 0.4) is 0 Å². The minimum absolute atomic E-state index is 0.182. The van der Waals surface area contributed by atoms with E-state index in [1.807, 2.05) is 17.5 Å². The third kappa shape index (κ3) is 3.21. The summed E-state index contributed by atoms with van der Waals surface area (Å²) in [4.78, 5) is 21.5. The van der Waals surface area contributed by atoms with Gasteiger partial charge in [-0.25, -0.2) is 9.37 Å². The van der Waals surface area contributed by atoms with E-state index in [4.69, 9.17) is 4.52 Å². The molecule has 1 saturated carbocycles. The zero-order valence-electron chi connectivity index (χ0n) is 15.1. The molecule has 0 atom stereocenters. The summed E-state index contributed by atoms with van der Waals surface area (Å²) in [6.45, 7) is 0. The molecule has 0 unspecified atom stereocenters. The van der Waals surface area contributed by atoms with Crippen LogP contribution in [-0.4, -0.2) is 21.0 Å². The number of hydrogen-bond acceptors (Lipinski definition) is 6. The van der Waals surface area contributed by atoms with Gasteiger partial charge in [0.2, 0.25) is 5.91 Å². The van der Waals surface area contributed by atoms with E-state index in [1.54, 1.807) is 36.7 Å². The maximum atomic E-state index is 14.0. The van der Waals surface area contributed by atoms with Gasteiger partial charge >= 0.3 is 0 Å². The van der Waals surface area contributed by atoms with Crippen molar-refractivity contribution in [1.82, 2.24) is 15.1 Å². The van der Waals surface area contributed by atoms with Crippen molar-refractivity contribution in [3.63, 3.8) is 0 Å². The number of thiazole rings is 1. The molecule has 0 saturated heterocycles. The highest BCUT2D eigenvalue weighted by atomic mass is 32.1. The summed E-state index contributed by atoms with van der Waals surface area (Å²) in [6, 6.07) is 11.7. The Morgan fingerprint density at radius 2 is 2.07 bits per heavy atom. The molecule has 1 aliphatic rings. The summed E-state index contributed by atoms with van der Waals surface area (Å²) >= 11 is 1.35. The number of nitrogens with zero attached hydrogens (tertiary/aromatic N) is 3. The van der Waals surface area contributed by atoms with Crippen molar-refractivity contribution >= 4 is 22.4 Å². The Morgan fingerprint density at radius 1 is 1.21 bits per heavy atom. The van der Waals surface area contributed by atoms with Crippen LogP contribution in [0.2, 0.25) is 0 Å². The van der Waals surface area contributed by atoms with Crippen molar-refractivity contribution in [3.8, 4) is 22.6 Å². The van der Waals surface area contributed by atoms with Crippen LogP contribution in [0.25, 0.3) is 22.6 Å². The van der Waals surface area contributed by atoms with Crippen LogP contribution < -0.4 is 5.32 Å². The van der Waals surface area contributed by atoms with Gasteiger partial charge in [0.15, 0.2) is 10.9 Å². The van der Waals surface area contributed by atoms with Gasteiger partial charge in [0, 0.05) is 29.4 Å². The van der Waals surface area contributed by atoms with Gasteiger partial charge in [0.05, 0.1) is 22.4 Å². The molecule has 4 aromatic rings. The standard InChI is InChI=1S/C21H15FN4O2S/c22-15-6-2-1-5-14(15)17-10-18(26-28-17)21(7-8-21)19(27)25-20-24-16(12-29-20)13-4-3-9-23-11-13/h1-6,9-12H,7-8H2,(H,24,25,27). The SMILES string of the molecule is O=C(Nc1nc(-c2cccnc2)cs1)C1(c2cc(-c3ccccc3F)on2)CC1. The predicted molar refractivity (Wildman–Crippen MR) is 107 cm³/mol. The highest BCUT2D eigenvalue weighted by Gasteiger charge is 2.54. The fraction of sp³-hybridized carbons (Fsp3) is 0.143. The highest BCUT2D eigenvalue weighted by Crippen LogP contribution is 2.49. The first-order valence-electron chi connectivity index (χ1n) is 9.05. The molecule has 144 valence electrons. The number of amides is 1. The fourth-order valence-corrected chi connectivity index (χ4v) is 3.92. The van der Waals surface area contributed by atoms with Crippen LogP contribution in [-0.2, 0) is 10.2 Å². The second-order valence-corrected chi connectivity index (χ2v) is 7.73. The largest absolute Gasteiger partial charge is 0.356 e. The van der Waals surface area contributed by atoms with Crippen LogP contribution in [0.5, 0.6) is 0 Å². The van der Waals surface area contributed by atoms with Gasteiger partial charge in [0.1, 0.15) is 5.82 Å². The number of nitrogens with one attached hydrogen (secondary N) is 1. The number of hydrogen-bond donors (Lipinski definition) is 1. The molecule has 8 heteroatoms. The molecule has 3 aromatic heterocycles. The number of benzene rings is 1. The Labute approximate surface area is 169 Å². The molecule has 1 aliphatic carbocycles. The van der Waals surface area contributed by atoms with E-state index in [0.29, 0.717) is 35.0 Å². The van der Waals surface area contributed by atoms with Gasteiger partial charge in [-0.15, -0.1) is 11.3 Å². The molecule has 0 spiro atoms. The Kier molecular flexibility index (Phi) is 4.21. The molecule has 0 bridgehead atoms. The molecule has 1 amide bonds. The monoisotopic (exact) mass is 406 g/mol. The van der Waals surface area contributed by atoms with Crippen molar-refractivity contribution in [1.29, 1.82) is 0 Å². The third-order valence-corrected chi connectivity index (χ3v) is 5.76. The van der Waals surface area contributed by atoms with Gasteiger partial charge in [-0.05, 0) is 37.1 Å². The topological polar surface area (TPSA) is 80.9 Å². The number of halogens is 1. The molecular weight excluding hydrogens is 391 g/mol. The zero-order chi connectivity index (χ0) is 19.8. The molecule has 1 N–H and O–H groups in total. The summed E-state index contributed by atoms with van der Waals surface area (Å²) in [6.07, 6.45) is 4.73. The Bertz CT molecular complexity index is 1180. The lowest BCUT2D eigenvalue weighted by Crippen LogP contribution is -2.28. The summed E-state index contributed by atoms with van der Waals surface area (Å²) in [7, 11) is 0. The van der Waals surface area contributed by atoms with Crippen molar-refractivity contribution in [2.24, 2.45) is 0 Å². The molecular formula is C21H15FN4O2S. The fourth-order valence-electron chi connectivity index (χ4n) is 3.21. The molecule has 5 rings (SSSR count). The molecule has 1 fully saturated rings. The average Bonchev–Trinajstić information content (AvgIpc) is 3.18. The molecule has 3 heterocycles. The number of pyridine rings is 1. The number of carbonyl (C=O) groups is 1. The lowest BCUT2D eigenvalue weighted by atomic mass is 10.0. The third-order valence-electron chi connectivity index (χ3n) is 5.01. The minimum Gasteiger partial charge on any atom is -0.356 e. The number of anilines is 1. The molecule has 6 nitrogen and oxygen atoms in total. The van der Waals surface area contributed by atoms with E-state index in [1.165, 1.54) is 17.4 Å². The minimum atomic E-state index is -0.757. The van der Waals surface area contributed by atoms with Gasteiger partial charge < -0.3 is 9.84 Å². The summed E-state index contributed by atoms with van der Waals surface area (Å²) < 4.78 is 19.3. The number of rotatable bonds is 5. The van der Waals surface area contributed by atoms with E-state index in [0.717, 1.165) is 11.3 Å². The van der Waals surface area contributed by atoms with Crippen LogP contribution in [0, 0.1) is 5.82 Å². The molecule has 0 radical (unpaired) electrons. The lowest BCUT2D eigenvalue weighted by Gasteiger charge is -2.10. The zero-order valence-corrected chi connectivity index (χ0v) is 15.9. The van der Waals surface area contributed by atoms with Crippen LogP contribution in [0.4, 0.5) is 9.52 Å². The highest BCUT2D eigenvalue weighted by molar-refractivity contribution is 7.14. The Balaban J connectivity index is 1.36. The van der Waals surface area contributed by atoms with E-state index in [9.17, 15) is 9.18 Å². The van der Waals surface area contributed by atoms with E-state index in [2.05, 4.69) is 20.4 Å². The second-order valence-electron chi connectivity index (χ2n) is 6.87. The lowest BCUT2D eigenvalue weighted by molar-refractivity contribution is -0.118. The predicted octanol–water partition coefficient (Wildman–Crippen LogP) is 4.67. The van der Waals surface area contributed by atoms with Crippen LogP contribution >= 0.6 is 11.3 Å². The van der Waals surface area contributed by atoms with Gasteiger partial charge in [-0.2, -0.15) is 0 Å². The van der Waals surface area contributed by atoms with Gasteiger partial charge in [-0.1, -0.05) is 17.3 Å². The first-order chi connectivity index (χ1) is 14.2. The van der Waals surface area contributed by atoms with Crippen molar-refractivity contribution in [3.05, 3.63) is 71.7 Å². The maximum absolute atomic E-state index is 14.0. The number of carbonyl (C=O) groups excluding carboxylic acids is 1. The molecule has 1 aromatic carbocycles.